The molecule has 0 aromatic heterocycles. The van der Waals surface area contributed by atoms with Crippen LogP contribution in [-0.4, -0.2) is 22.8 Å². The molecule has 5 heteroatoms. The van der Waals surface area contributed by atoms with Gasteiger partial charge in [0.25, 0.3) is 5.91 Å². The Morgan fingerprint density at radius 1 is 1.39 bits per heavy atom. The monoisotopic (exact) mass is 265 g/mol. The average Bonchev–Trinajstić information content (AvgIpc) is 2.57. The van der Waals surface area contributed by atoms with Crippen LogP contribution in [0.4, 0.5) is 0 Å². The third-order valence-electron chi connectivity index (χ3n) is 2.82. The molecular formula is C13H12ClNO3. The van der Waals surface area contributed by atoms with E-state index in [1.54, 1.807) is 12.1 Å². The number of aliphatic hydroxyl groups excluding tert-OH is 1. The van der Waals surface area contributed by atoms with Crippen LogP contribution in [0, 0.1) is 0 Å². The standard InChI is InChI=1S/C13H12ClNO3/c1-7(16)11-12(17)10(15-13(11)18)6-8-2-4-9(14)5-3-8/h2-5,10,17H,6H2,1H3,(H,15,18). The average molecular weight is 266 g/mol. The molecule has 18 heavy (non-hydrogen) atoms. The van der Waals surface area contributed by atoms with Crippen molar-refractivity contribution in [2.45, 2.75) is 19.4 Å². The maximum atomic E-state index is 11.5. The molecule has 1 unspecified atom stereocenters. The molecule has 1 aromatic carbocycles. The molecule has 0 aliphatic carbocycles. The number of aliphatic hydroxyl groups is 1. The highest BCUT2D eigenvalue weighted by atomic mass is 35.5. The maximum absolute atomic E-state index is 11.5. The summed E-state index contributed by atoms with van der Waals surface area (Å²) in [5.74, 6) is -1.12. The molecule has 1 atom stereocenters. The van der Waals surface area contributed by atoms with E-state index in [1.807, 2.05) is 12.1 Å². The van der Waals surface area contributed by atoms with Gasteiger partial charge in [0, 0.05) is 5.02 Å². The lowest BCUT2D eigenvalue weighted by Crippen LogP contribution is -2.31. The van der Waals surface area contributed by atoms with E-state index >= 15 is 0 Å². The molecule has 0 spiro atoms. The van der Waals surface area contributed by atoms with Gasteiger partial charge in [-0.05, 0) is 31.0 Å². The number of hydrogen-bond acceptors (Lipinski definition) is 3. The topological polar surface area (TPSA) is 66.4 Å². The summed E-state index contributed by atoms with van der Waals surface area (Å²) >= 11 is 5.77. The van der Waals surface area contributed by atoms with Crippen molar-refractivity contribution in [2.24, 2.45) is 0 Å². The van der Waals surface area contributed by atoms with E-state index in [9.17, 15) is 14.7 Å². The smallest absolute Gasteiger partial charge is 0.259 e. The first-order valence-electron chi connectivity index (χ1n) is 5.48. The highest BCUT2D eigenvalue weighted by Gasteiger charge is 2.33. The second kappa shape index (κ2) is 4.82. The minimum atomic E-state index is -0.544. The van der Waals surface area contributed by atoms with Crippen molar-refractivity contribution in [1.82, 2.24) is 5.32 Å². The second-order valence-electron chi connectivity index (χ2n) is 4.17. The Morgan fingerprint density at radius 2 is 2.00 bits per heavy atom. The Balaban J connectivity index is 2.19. The highest BCUT2D eigenvalue weighted by molar-refractivity contribution is 6.30. The summed E-state index contributed by atoms with van der Waals surface area (Å²) in [5.41, 5.74) is 0.773. The van der Waals surface area contributed by atoms with Gasteiger partial charge in [-0.2, -0.15) is 0 Å². The Bertz CT molecular complexity index is 534. The van der Waals surface area contributed by atoms with Crippen molar-refractivity contribution in [3.8, 4) is 0 Å². The predicted octanol–water partition coefficient (Wildman–Crippen LogP) is 1.78. The fourth-order valence-electron chi connectivity index (χ4n) is 1.93. The fraction of sp³-hybridized carbons (Fsp3) is 0.231. The summed E-state index contributed by atoms with van der Waals surface area (Å²) in [6, 6.07) is 6.55. The van der Waals surface area contributed by atoms with E-state index in [-0.39, 0.29) is 11.3 Å². The van der Waals surface area contributed by atoms with Gasteiger partial charge in [-0.3, -0.25) is 9.59 Å². The van der Waals surface area contributed by atoms with Crippen LogP contribution in [0.1, 0.15) is 12.5 Å². The van der Waals surface area contributed by atoms with Crippen molar-refractivity contribution >= 4 is 23.3 Å². The Morgan fingerprint density at radius 3 is 2.50 bits per heavy atom. The first-order chi connectivity index (χ1) is 8.49. The van der Waals surface area contributed by atoms with Crippen molar-refractivity contribution in [3.05, 3.63) is 46.2 Å². The molecule has 0 saturated heterocycles. The molecule has 1 aromatic rings. The lowest BCUT2D eigenvalue weighted by Gasteiger charge is -2.11. The third kappa shape index (κ3) is 2.38. The predicted molar refractivity (Wildman–Crippen MR) is 67.4 cm³/mol. The molecule has 2 rings (SSSR count). The summed E-state index contributed by atoms with van der Waals surface area (Å²) in [5, 5.41) is 13.1. The number of rotatable bonds is 3. The van der Waals surface area contributed by atoms with Crippen LogP contribution in [0.25, 0.3) is 0 Å². The van der Waals surface area contributed by atoms with E-state index in [1.165, 1.54) is 6.92 Å². The van der Waals surface area contributed by atoms with Gasteiger partial charge in [0.1, 0.15) is 11.3 Å². The van der Waals surface area contributed by atoms with Crippen LogP contribution in [0.15, 0.2) is 35.6 Å². The lowest BCUT2D eigenvalue weighted by molar-refractivity contribution is -0.121. The van der Waals surface area contributed by atoms with Gasteiger partial charge in [-0.15, -0.1) is 0 Å². The molecule has 0 fully saturated rings. The quantitative estimate of drug-likeness (QED) is 0.819. The first kappa shape index (κ1) is 12.6. The van der Waals surface area contributed by atoms with Gasteiger partial charge in [-0.25, -0.2) is 0 Å². The van der Waals surface area contributed by atoms with E-state index in [0.29, 0.717) is 11.4 Å². The summed E-state index contributed by atoms with van der Waals surface area (Å²) in [7, 11) is 0. The molecule has 4 nitrogen and oxygen atoms in total. The van der Waals surface area contributed by atoms with Crippen LogP contribution in [0.2, 0.25) is 5.02 Å². The van der Waals surface area contributed by atoms with Crippen molar-refractivity contribution < 1.29 is 14.7 Å². The maximum Gasteiger partial charge on any atom is 0.259 e. The normalized spacial score (nSPS) is 19.0. The molecule has 0 radical (unpaired) electrons. The molecule has 0 saturated carbocycles. The minimum Gasteiger partial charge on any atom is -0.509 e. The van der Waals surface area contributed by atoms with Crippen LogP contribution < -0.4 is 5.32 Å². The number of ketones is 1. The number of benzene rings is 1. The second-order valence-corrected chi connectivity index (χ2v) is 4.61. The summed E-state index contributed by atoms with van der Waals surface area (Å²) < 4.78 is 0. The van der Waals surface area contributed by atoms with Crippen LogP contribution in [0.5, 0.6) is 0 Å². The zero-order chi connectivity index (χ0) is 13.3. The number of carbonyl (C=O) groups excluding carboxylic acids is 2. The van der Waals surface area contributed by atoms with Crippen LogP contribution in [-0.2, 0) is 16.0 Å². The molecule has 1 aliphatic heterocycles. The first-order valence-corrected chi connectivity index (χ1v) is 5.86. The zero-order valence-corrected chi connectivity index (χ0v) is 10.5. The lowest BCUT2D eigenvalue weighted by atomic mass is 10.0. The number of carbonyl (C=O) groups is 2. The van der Waals surface area contributed by atoms with Gasteiger partial charge < -0.3 is 10.4 Å². The van der Waals surface area contributed by atoms with Gasteiger partial charge in [0.05, 0.1) is 6.04 Å². The number of Topliss-reactive ketones (excluding diaryl/α,β-unsaturated/α-hetero) is 1. The number of halogens is 1. The van der Waals surface area contributed by atoms with Gasteiger partial charge in [0.15, 0.2) is 5.78 Å². The van der Waals surface area contributed by atoms with Gasteiger partial charge in [-0.1, -0.05) is 23.7 Å². The summed E-state index contributed by atoms with van der Waals surface area (Å²) in [6.45, 7) is 1.26. The highest BCUT2D eigenvalue weighted by Crippen LogP contribution is 2.20. The van der Waals surface area contributed by atoms with Crippen LogP contribution >= 0.6 is 11.6 Å². The molecular weight excluding hydrogens is 254 g/mol. The molecule has 94 valence electrons. The fourth-order valence-corrected chi connectivity index (χ4v) is 2.06. The Hall–Kier alpha value is -1.81. The summed E-state index contributed by atoms with van der Waals surface area (Å²) in [4.78, 5) is 22.7. The number of hydrogen-bond donors (Lipinski definition) is 2. The Labute approximate surface area is 109 Å². The summed E-state index contributed by atoms with van der Waals surface area (Å²) in [6.07, 6.45) is 0.422. The number of nitrogens with one attached hydrogen (secondary N) is 1. The zero-order valence-electron chi connectivity index (χ0n) is 9.74. The molecule has 1 amide bonds. The van der Waals surface area contributed by atoms with Crippen molar-refractivity contribution in [2.75, 3.05) is 0 Å². The third-order valence-corrected chi connectivity index (χ3v) is 3.08. The minimum absolute atomic E-state index is 0.144. The largest absolute Gasteiger partial charge is 0.509 e. The number of amides is 1. The van der Waals surface area contributed by atoms with E-state index < -0.39 is 17.7 Å². The van der Waals surface area contributed by atoms with E-state index in [0.717, 1.165) is 5.56 Å². The van der Waals surface area contributed by atoms with Gasteiger partial charge in [0.2, 0.25) is 0 Å². The van der Waals surface area contributed by atoms with E-state index in [4.69, 9.17) is 11.6 Å². The Kier molecular flexibility index (Phi) is 3.39. The molecule has 1 aliphatic rings. The van der Waals surface area contributed by atoms with Crippen molar-refractivity contribution in [1.29, 1.82) is 0 Å². The van der Waals surface area contributed by atoms with Crippen molar-refractivity contribution in [3.63, 3.8) is 0 Å². The van der Waals surface area contributed by atoms with E-state index in [2.05, 4.69) is 5.32 Å². The van der Waals surface area contributed by atoms with Crippen LogP contribution in [0.3, 0.4) is 0 Å². The SMILES string of the molecule is CC(=O)C1=C(O)C(Cc2ccc(Cl)cc2)NC1=O. The van der Waals surface area contributed by atoms with Gasteiger partial charge >= 0.3 is 0 Å². The molecule has 0 bridgehead atoms. The molecule has 1 heterocycles. The molecule has 2 N–H and O–H groups in total.